The highest BCUT2D eigenvalue weighted by Gasteiger charge is 2.20. The highest BCUT2D eigenvalue weighted by Crippen LogP contribution is 2.23. The summed E-state index contributed by atoms with van der Waals surface area (Å²) in [7, 11) is 0. The van der Waals surface area contributed by atoms with Crippen molar-refractivity contribution in [1.29, 1.82) is 0 Å². The van der Waals surface area contributed by atoms with Crippen molar-refractivity contribution >= 4 is 22.2 Å². The highest BCUT2D eigenvalue weighted by molar-refractivity contribution is 7.90. The first-order valence-electron chi connectivity index (χ1n) is 7.15. The summed E-state index contributed by atoms with van der Waals surface area (Å²) in [6.07, 6.45) is 1.58. The summed E-state index contributed by atoms with van der Waals surface area (Å²) >= 11 is -1.35. The summed E-state index contributed by atoms with van der Waals surface area (Å²) in [5.41, 5.74) is 3.05. The van der Waals surface area contributed by atoms with Crippen LogP contribution in [-0.4, -0.2) is 32.8 Å². The lowest BCUT2D eigenvalue weighted by molar-refractivity contribution is 0.271. The number of H-pyrrole nitrogens is 1. The largest absolute Gasteiger partial charge is 0.609 e. The summed E-state index contributed by atoms with van der Waals surface area (Å²) in [5, 5.41) is 0.419. The number of rotatable bonds is 6. The van der Waals surface area contributed by atoms with Crippen molar-refractivity contribution in [2.45, 2.75) is 17.8 Å². The summed E-state index contributed by atoms with van der Waals surface area (Å²) in [6, 6.07) is 9.20. The highest BCUT2D eigenvalue weighted by atomic mass is 32.2. The van der Waals surface area contributed by atoms with Crippen molar-refractivity contribution in [1.82, 2.24) is 15.0 Å². The van der Waals surface area contributed by atoms with E-state index in [1.807, 2.05) is 31.2 Å². The molecule has 0 saturated carbocycles. The van der Waals surface area contributed by atoms with Crippen LogP contribution in [-0.2, 0) is 16.9 Å². The Morgan fingerprint density at radius 1 is 1.30 bits per heavy atom. The number of hydrogen-bond donors (Lipinski definition) is 1. The minimum absolute atomic E-state index is 0.00302. The van der Waals surface area contributed by atoms with Crippen LogP contribution in [0.4, 0.5) is 4.39 Å². The maximum absolute atomic E-state index is 12.5. The average Bonchev–Trinajstić information content (AvgIpc) is 3.00. The third kappa shape index (κ3) is 3.46. The fourth-order valence-electron chi connectivity index (χ4n) is 2.24. The van der Waals surface area contributed by atoms with Gasteiger partial charge >= 0.3 is 5.16 Å². The van der Waals surface area contributed by atoms with Crippen molar-refractivity contribution in [2.24, 2.45) is 0 Å². The van der Waals surface area contributed by atoms with Gasteiger partial charge in [-0.3, -0.25) is 9.97 Å². The topological polar surface area (TPSA) is 73.9 Å². The second kappa shape index (κ2) is 6.97. The minimum Gasteiger partial charge on any atom is -0.609 e. The van der Waals surface area contributed by atoms with Crippen molar-refractivity contribution < 1.29 is 13.7 Å². The molecule has 0 radical (unpaired) electrons. The van der Waals surface area contributed by atoms with Gasteiger partial charge in [-0.25, -0.2) is 4.39 Å². The van der Waals surface area contributed by atoms with E-state index >= 15 is 0 Å². The van der Waals surface area contributed by atoms with Crippen LogP contribution in [0.25, 0.3) is 11.0 Å². The number of nitrogens with one attached hydrogen (secondary N) is 1. The molecule has 1 aromatic carbocycles. The Kier molecular flexibility index (Phi) is 4.78. The lowest BCUT2D eigenvalue weighted by Gasteiger charge is -2.12. The van der Waals surface area contributed by atoms with Gasteiger partial charge in [-0.15, -0.1) is 0 Å². The van der Waals surface area contributed by atoms with Crippen molar-refractivity contribution in [3.05, 3.63) is 47.8 Å². The zero-order valence-corrected chi connectivity index (χ0v) is 13.4. The van der Waals surface area contributed by atoms with Gasteiger partial charge in [0.15, 0.2) is 5.75 Å². The average molecular weight is 333 g/mol. The number of nitrogens with zero attached hydrogens (tertiary/aromatic N) is 2. The SMILES string of the molecule is Cc1c(OCCF)ccnc1C[S@@+]([O-])c1nc2ccccc2[nH]1. The van der Waals surface area contributed by atoms with Crippen LogP contribution in [0.1, 0.15) is 11.3 Å². The number of halogens is 1. The monoisotopic (exact) mass is 333 g/mol. The van der Waals surface area contributed by atoms with Gasteiger partial charge in [-0.2, -0.15) is 4.98 Å². The van der Waals surface area contributed by atoms with E-state index in [4.69, 9.17) is 4.74 Å². The predicted molar refractivity (Wildman–Crippen MR) is 86.7 cm³/mol. The van der Waals surface area contributed by atoms with Gasteiger partial charge in [0.25, 0.3) is 0 Å². The van der Waals surface area contributed by atoms with Crippen LogP contribution in [0.15, 0.2) is 41.7 Å². The van der Waals surface area contributed by atoms with Gasteiger partial charge in [0, 0.05) is 22.9 Å². The zero-order valence-electron chi connectivity index (χ0n) is 12.6. The molecule has 0 bridgehead atoms. The fraction of sp³-hybridized carbons (Fsp3) is 0.250. The summed E-state index contributed by atoms with van der Waals surface area (Å²) in [4.78, 5) is 11.7. The molecule has 0 saturated heterocycles. The molecule has 3 aromatic rings. The van der Waals surface area contributed by atoms with E-state index in [0.717, 1.165) is 16.6 Å². The molecular formula is C16H16FN3O2S. The Morgan fingerprint density at radius 2 is 2.13 bits per heavy atom. The van der Waals surface area contributed by atoms with Crippen LogP contribution in [0.2, 0.25) is 0 Å². The molecule has 120 valence electrons. The van der Waals surface area contributed by atoms with E-state index in [1.54, 1.807) is 12.3 Å². The number of benzene rings is 1. The second-order valence-corrected chi connectivity index (χ2v) is 6.33. The Hall–Kier alpha value is -2.12. The molecule has 1 atom stereocenters. The first-order chi connectivity index (χ1) is 11.2. The molecule has 0 aliphatic carbocycles. The molecule has 0 fully saturated rings. The molecule has 23 heavy (non-hydrogen) atoms. The van der Waals surface area contributed by atoms with E-state index in [0.29, 0.717) is 16.6 Å². The molecule has 0 aliphatic heterocycles. The standard InChI is InChI=1S/C16H16FN3O2S/c1-11-14(18-8-6-15(11)22-9-7-17)10-23(21)16-19-12-4-2-3-5-13(12)20-16/h2-6,8H,7,9-10H2,1H3,(H,19,20)/t23-/m1/s1. The van der Waals surface area contributed by atoms with E-state index in [-0.39, 0.29) is 12.4 Å². The normalized spacial score (nSPS) is 12.5. The fourth-order valence-corrected chi connectivity index (χ4v) is 3.34. The number of aromatic amines is 1. The number of para-hydroxylation sites is 2. The Morgan fingerprint density at radius 3 is 2.91 bits per heavy atom. The van der Waals surface area contributed by atoms with Gasteiger partial charge in [-0.1, -0.05) is 12.1 Å². The number of imidazole rings is 1. The molecule has 7 heteroatoms. The third-order valence-electron chi connectivity index (χ3n) is 3.44. The van der Waals surface area contributed by atoms with Crippen molar-refractivity contribution in [3.8, 4) is 5.75 Å². The maximum Gasteiger partial charge on any atom is 0.322 e. The minimum atomic E-state index is -1.35. The molecule has 3 rings (SSSR count). The molecule has 0 unspecified atom stereocenters. The molecule has 1 N–H and O–H groups in total. The maximum atomic E-state index is 12.5. The van der Waals surface area contributed by atoms with Gasteiger partial charge in [0.2, 0.25) is 0 Å². The molecule has 5 nitrogen and oxygen atoms in total. The smallest absolute Gasteiger partial charge is 0.322 e. The molecular weight excluding hydrogens is 317 g/mol. The number of alkyl halides is 1. The number of aromatic nitrogens is 3. The molecule has 0 amide bonds. The number of pyridine rings is 1. The van der Waals surface area contributed by atoms with Gasteiger partial charge in [0.05, 0.1) is 16.7 Å². The van der Waals surface area contributed by atoms with E-state index in [1.165, 1.54) is 0 Å². The summed E-state index contributed by atoms with van der Waals surface area (Å²) in [5.74, 6) is 0.785. The Bertz CT molecular complexity index is 776. The molecule has 0 aliphatic rings. The van der Waals surface area contributed by atoms with E-state index in [9.17, 15) is 8.94 Å². The first-order valence-corrected chi connectivity index (χ1v) is 8.47. The quantitative estimate of drug-likeness (QED) is 0.704. The Balaban J connectivity index is 1.80. The van der Waals surface area contributed by atoms with Crippen LogP contribution < -0.4 is 4.74 Å². The summed E-state index contributed by atoms with van der Waals surface area (Å²) < 4.78 is 30.1. The van der Waals surface area contributed by atoms with Gasteiger partial charge in [-0.05, 0) is 25.1 Å². The lowest BCUT2D eigenvalue weighted by Crippen LogP contribution is -2.10. The van der Waals surface area contributed by atoms with Crippen LogP contribution in [0, 0.1) is 6.92 Å². The summed E-state index contributed by atoms with van der Waals surface area (Å²) in [6.45, 7) is 1.27. The van der Waals surface area contributed by atoms with Crippen LogP contribution >= 0.6 is 0 Å². The van der Waals surface area contributed by atoms with Gasteiger partial charge in [0.1, 0.15) is 19.0 Å². The van der Waals surface area contributed by atoms with Crippen LogP contribution in [0.5, 0.6) is 5.75 Å². The number of ether oxygens (including phenoxy) is 1. The van der Waals surface area contributed by atoms with Crippen molar-refractivity contribution in [3.63, 3.8) is 0 Å². The van der Waals surface area contributed by atoms with E-state index < -0.39 is 17.9 Å². The zero-order chi connectivity index (χ0) is 16.2. The van der Waals surface area contributed by atoms with Crippen molar-refractivity contribution in [2.75, 3.05) is 13.3 Å². The van der Waals surface area contributed by atoms with E-state index in [2.05, 4.69) is 15.0 Å². The Labute approximate surface area is 136 Å². The number of hydrogen-bond acceptors (Lipinski definition) is 4. The molecule has 2 aromatic heterocycles. The van der Waals surface area contributed by atoms with Crippen LogP contribution in [0.3, 0.4) is 0 Å². The second-order valence-electron chi connectivity index (χ2n) is 4.97. The lowest BCUT2D eigenvalue weighted by atomic mass is 10.2. The molecule has 2 heterocycles. The predicted octanol–water partition coefficient (Wildman–Crippen LogP) is 2.92. The third-order valence-corrected chi connectivity index (χ3v) is 4.60. The molecule has 0 spiro atoms. The van der Waals surface area contributed by atoms with Gasteiger partial charge < -0.3 is 9.29 Å². The number of fused-ring (bicyclic) bond motifs is 1. The first kappa shape index (κ1) is 15.8.